The molecule has 0 spiro atoms. The first kappa shape index (κ1) is 24.3. The normalized spacial score (nSPS) is 14.4. The molecule has 2 aromatic carbocycles. The number of amides is 1. The molecule has 1 N–H and O–H groups in total. The lowest BCUT2D eigenvalue weighted by Crippen LogP contribution is -2.41. The Morgan fingerprint density at radius 1 is 1.21 bits per heavy atom. The van der Waals surface area contributed by atoms with E-state index in [1.807, 2.05) is 19.1 Å². The highest BCUT2D eigenvalue weighted by Crippen LogP contribution is 2.33. The van der Waals surface area contributed by atoms with Crippen LogP contribution in [0, 0.1) is 12.8 Å². The molecule has 0 saturated carbocycles. The zero-order chi connectivity index (χ0) is 23.9. The van der Waals surface area contributed by atoms with Gasteiger partial charge in [-0.1, -0.05) is 23.5 Å². The number of aryl methyl sites for hydroxylation is 1. The fourth-order valence-corrected chi connectivity index (χ4v) is 5.58. The van der Waals surface area contributed by atoms with E-state index in [1.54, 1.807) is 11.3 Å². The van der Waals surface area contributed by atoms with Gasteiger partial charge in [0.2, 0.25) is 5.91 Å². The van der Waals surface area contributed by atoms with Crippen LogP contribution in [0.15, 0.2) is 42.5 Å². The molecular weight excluding hydrogens is 444 g/mol. The number of aromatic nitrogens is 1. The minimum Gasteiger partial charge on any atom is -0.494 e. The second-order valence-corrected chi connectivity index (χ2v) is 9.89. The van der Waals surface area contributed by atoms with E-state index in [-0.39, 0.29) is 11.8 Å². The lowest BCUT2D eigenvalue weighted by molar-refractivity contribution is -0.125. The molecule has 1 fully saturated rings. The van der Waals surface area contributed by atoms with Crippen LogP contribution in [-0.2, 0) is 4.79 Å². The first-order valence-corrected chi connectivity index (χ1v) is 13.3. The number of nitrogens with one attached hydrogen (secondary N) is 1. The van der Waals surface area contributed by atoms with Gasteiger partial charge in [0, 0.05) is 44.3 Å². The summed E-state index contributed by atoms with van der Waals surface area (Å²) in [6.45, 7) is 11.3. The maximum Gasteiger partial charge on any atom is 0.223 e. The Bertz CT molecular complexity index is 1090. The fourth-order valence-electron chi connectivity index (χ4n) is 4.54. The predicted molar refractivity (Wildman–Crippen MR) is 142 cm³/mol. The highest BCUT2D eigenvalue weighted by Gasteiger charge is 2.26. The number of carbonyl (C=O) groups excluding carboxylic acids is 1. The van der Waals surface area contributed by atoms with Crippen molar-refractivity contribution in [3.05, 3.63) is 48.0 Å². The van der Waals surface area contributed by atoms with Gasteiger partial charge >= 0.3 is 0 Å². The van der Waals surface area contributed by atoms with Gasteiger partial charge in [-0.3, -0.25) is 4.79 Å². The van der Waals surface area contributed by atoms with Crippen LogP contribution in [0.25, 0.3) is 10.2 Å². The third-order valence-corrected chi connectivity index (χ3v) is 7.53. The average Bonchev–Trinajstić information content (AvgIpc) is 3.28. The molecule has 1 amide bonds. The van der Waals surface area contributed by atoms with Crippen molar-refractivity contribution in [2.24, 2.45) is 5.92 Å². The highest BCUT2D eigenvalue weighted by atomic mass is 32.1. The topological polar surface area (TPSA) is 57.7 Å². The molecule has 1 aromatic heterocycles. The molecular formula is C27H36N4O2S. The fraction of sp³-hybridized carbons (Fsp3) is 0.481. The van der Waals surface area contributed by atoms with Gasteiger partial charge in [0.25, 0.3) is 0 Å². The third-order valence-electron chi connectivity index (χ3n) is 6.45. The van der Waals surface area contributed by atoms with Gasteiger partial charge in [0.05, 0.1) is 16.8 Å². The number of ether oxygens (including phenoxy) is 1. The largest absolute Gasteiger partial charge is 0.494 e. The van der Waals surface area contributed by atoms with E-state index >= 15 is 0 Å². The third kappa shape index (κ3) is 6.00. The lowest BCUT2D eigenvalue weighted by Gasteiger charge is -2.31. The molecule has 1 aliphatic heterocycles. The molecule has 1 saturated heterocycles. The summed E-state index contributed by atoms with van der Waals surface area (Å²) in [6, 6.07) is 14.7. The maximum absolute atomic E-state index is 12.7. The van der Waals surface area contributed by atoms with Crippen molar-refractivity contribution in [3.63, 3.8) is 0 Å². The molecule has 1 aliphatic rings. The number of hydrogen-bond donors (Lipinski definition) is 1. The van der Waals surface area contributed by atoms with Crippen LogP contribution in [0.3, 0.4) is 0 Å². The van der Waals surface area contributed by atoms with Crippen LogP contribution in [0.1, 0.15) is 38.7 Å². The van der Waals surface area contributed by atoms with Crippen molar-refractivity contribution >= 4 is 38.3 Å². The van der Waals surface area contributed by atoms with Crippen molar-refractivity contribution in [3.8, 4) is 5.75 Å². The number of piperidine rings is 1. The SMILES string of the molecule is CCOc1ccc2nc(N3CCC(C(=O)NCCCN(CC)c4cccc(C)c4)CC3)sc2c1. The zero-order valence-corrected chi connectivity index (χ0v) is 21.4. The van der Waals surface area contributed by atoms with E-state index < -0.39 is 0 Å². The lowest BCUT2D eigenvalue weighted by atomic mass is 9.96. The van der Waals surface area contributed by atoms with Crippen molar-refractivity contribution < 1.29 is 9.53 Å². The van der Waals surface area contributed by atoms with E-state index in [2.05, 4.69) is 59.3 Å². The Kier molecular flexibility index (Phi) is 8.27. The maximum atomic E-state index is 12.7. The predicted octanol–water partition coefficient (Wildman–Crippen LogP) is 5.25. The van der Waals surface area contributed by atoms with Crippen molar-refractivity contribution in [2.45, 2.75) is 40.0 Å². The van der Waals surface area contributed by atoms with Crippen LogP contribution < -0.4 is 19.9 Å². The van der Waals surface area contributed by atoms with Gasteiger partial charge in [0.1, 0.15) is 5.75 Å². The summed E-state index contributed by atoms with van der Waals surface area (Å²) in [5, 5.41) is 4.22. The Morgan fingerprint density at radius 2 is 2.03 bits per heavy atom. The van der Waals surface area contributed by atoms with Crippen LogP contribution in [0.2, 0.25) is 0 Å². The molecule has 0 aliphatic carbocycles. The molecule has 34 heavy (non-hydrogen) atoms. The van der Waals surface area contributed by atoms with Crippen molar-refractivity contribution in [1.29, 1.82) is 0 Å². The van der Waals surface area contributed by atoms with Crippen LogP contribution in [0.5, 0.6) is 5.75 Å². The van der Waals surface area contributed by atoms with Crippen LogP contribution in [0.4, 0.5) is 10.8 Å². The van der Waals surface area contributed by atoms with E-state index in [0.29, 0.717) is 6.61 Å². The number of anilines is 2. The molecule has 0 bridgehead atoms. The zero-order valence-electron chi connectivity index (χ0n) is 20.5. The molecule has 7 heteroatoms. The number of rotatable bonds is 10. The summed E-state index contributed by atoms with van der Waals surface area (Å²) in [7, 11) is 0. The molecule has 0 atom stereocenters. The number of fused-ring (bicyclic) bond motifs is 1. The number of nitrogens with zero attached hydrogens (tertiary/aromatic N) is 3. The molecule has 182 valence electrons. The first-order chi connectivity index (χ1) is 16.6. The highest BCUT2D eigenvalue weighted by molar-refractivity contribution is 7.22. The summed E-state index contributed by atoms with van der Waals surface area (Å²) < 4.78 is 6.76. The Balaban J connectivity index is 1.22. The molecule has 0 unspecified atom stereocenters. The number of carbonyl (C=O) groups is 1. The minimum absolute atomic E-state index is 0.0919. The van der Waals surface area contributed by atoms with Crippen molar-refractivity contribution in [1.82, 2.24) is 10.3 Å². The molecule has 6 nitrogen and oxygen atoms in total. The van der Waals surface area contributed by atoms with E-state index in [4.69, 9.17) is 9.72 Å². The first-order valence-electron chi connectivity index (χ1n) is 12.4. The molecule has 3 aromatic rings. The summed E-state index contributed by atoms with van der Waals surface area (Å²) in [5.41, 5.74) is 3.54. The standard InChI is InChI=1S/C27H36N4O2S/c1-4-30(22-9-6-8-20(3)18-22)15-7-14-28-26(32)21-12-16-31(17-13-21)27-29-24-11-10-23(33-5-2)19-25(24)34-27/h6,8-11,18-19,21H,4-5,7,12-17H2,1-3H3,(H,28,32). The second kappa shape index (κ2) is 11.6. The van der Waals surface area contributed by atoms with Gasteiger partial charge in [-0.25, -0.2) is 4.98 Å². The summed E-state index contributed by atoms with van der Waals surface area (Å²) in [5.74, 6) is 1.18. The van der Waals surface area contributed by atoms with Gasteiger partial charge in [-0.2, -0.15) is 0 Å². The van der Waals surface area contributed by atoms with Crippen LogP contribution >= 0.6 is 11.3 Å². The van der Waals surface area contributed by atoms with E-state index in [1.165, 1.54) is 11.3 Å². The Hall–Kier alpha value is -2.80. The summed E-state index contributed by atoms with van der Waals surface area (Å²) in [4.78, 5) is 22.2. The quantitative estimate of drug-likeness (QED) is 0.402. The molecule has 4 rings (SSSR count). The van der Waals surface area contributed by atoms with Gasteiger partial charge in [-0.05, 0) is 75.9 Å². The monoisotopic (exact) mass is 480 g/mol. The Labute approximate surface area is 206 Å². The van der Waals surface area contributed by atoms with E-state index in [0.717, 1.165) is 73.1 Å². The smallest absolute Gasteiger partial charge is 0.223 e. The summed E-state index contributed by atoms with van der Waals surface area (Å²) in [6.07, 6.45) is 2.69. The summed E-state index contributed by atoms with van der Waals surface area (Å²) >= 11 is 1.70. The molecule has 2 heterocycles. The number of thiazole rings is 1. The van der Waals surface area contributed by atoms with E-state index in [9.17, 15) is 4.79 Å². The van der Waals surface area contributed by atoms with Gasteiger partial charge in [-0.15, -0.1) is 0 Å². The number of benzene rings is 2. The number of hydrogen-bond acceptors (Lipinski definition) is 6. The average molecular weight is 481 g/mol. The molecule has 0 radical (unpaired) electrons. The van der Waals surface area contributed by atoms with Gasteiger partial charge < -0.3 is 19.9 Å². The minimum atomic E-state index is 0.0919. The van der Waals surface area contributed by atoms with Gasteiger partial charge in [0.15, 0.2) is 5.13 Å². The van der Waals surface area contributed by atoms with Crippen molar-refractivity contribution in [2.75, 3.05) is 49.1 Å². The van der Waals surface area contributed by atoms with Crippen LogP contribution in [-0.4, -0.2) is 50.2 Å². The second-order valence-electron chi connectivity index (χ2n) is 8.88. The Morgan fingerprint density at radius 3 is 2.76 bits per heavy atom.